The second-order valence-corrected chi connectivity index (χ2v) is 11.0. The predicted octanol–water partition coefficient (Wildman–Crippen LogP) is 2.68. The molecule has 0 saturated carbocycles. The van der Waals surface area contributed by atoms with Gasteiger partial charge in [0.15, 0.2) is 0 Å². The van der Waals surface area contributed by atoms with Crippen LogP contribution in [-0.2, 0) is 21.2 Å². The van der Waals surface area contributed by atoms with E-state index in [0.717, 1.165) is 16.0 Å². The van der Waals surface area contributed by atoms with Crippen LogP contribution in [0.15, 0.2) is 40.5 Å². The topological polar surface area (TPSA) is 103 Å². The van der Waals surface area contributed by atoms with E-state index in [4.69, 9.17) is 0 Å². The Labute approximate surface area is 196 Å². The Morgan fingerprint density at radius 2 is 1.85 bits per heavy atom. The number of fused-ring (bicyclic) bond motifs is 1. The van der Waals surface area contributed by atoms with Crippen LogP contribution in [0.3, 0.4) is 0 Å². The molecule has 1 aromatic carbocycles. The Morgan fingerprint density at radius 1 is 1.15 bits per heavy atom. The fourth-order valence-electron chi connectivity index (χ4n) is 3.81. The monoisotopic (exact) mass is 486 g/mol. The molecule has 0 aliphatic carbocycles. The molecule has 33 heavy (non-hydrogen) atoms. The second-order valence-electron chi connectivity index (χ2n) is 8.01. The molecule has 4 rings (SSSR count). The van der Waals surface area contributed by atoms with Crippen molar-refractivity contribution in [2.45, 2.75) is 26.7 Å². The number of thiophene rings is 1. The number of H-pyrrole nitrogens is 1. The third kappa shape index (κ3) is 5.23. The van der Waals surface area contributed by atoms with E-state index in [-0.39, 0.29) is 31.0 Å². The normalized spacial score (nSPS) is 15.5. The first-order chi connectivity index (χ1) is 15.7. The number of nitrogens with one attached hydrogen (secondary N) is 1. The van der Waals surface area contributed by atoms with Gasteiger partial charge in [-0.15, -0.1) is 11.3 Å². The van der Waals surface area contributed by atoms with Gasteiger partial charge in [-0.1, -0.05) is 30.3 Å². The summed E-state index contributed by atoms with van der Waals surface area (Å²) in [6.07, 6.45) is 2.12. The number of carbonyl (C=O) groups excluding carboxylic acids is 1. The van der Waals surface area contributed by atoms with Gasteiger partial charge in [0, 0.05) is 49.3 Å². The summed E-state index contributed by atoms with van der Waals surface area (Å²) in [5.74, 6) is 0.419. The van der Waals surface area contributed by atoms with Gasteiger partial charge in [-0.3, -0.25) is 9.59 Å². The van der Waals surface area contributed by atoms with Crippen molar-refractivity contribution in [3.05, 3.63) is 67.9 Å². The van der Waals surface area contributed by atoms with Crippen LogP contribution in [-0.4, -0.2) is 59.7 Å². The number of nitrogens with zero attached hydrogens (tertiary/aromatic N) is 3. The van der Waals surface area contributed by atoms with E-state index in [1.807, 2.05) is 44.2 Å². The molecule has 0 spiro atoms. The summed E-state index contributed by atoms with van der Waals surface area (Å²) in [7, 11) is -3.55. The van der Waals surface area contributed by atoms with Crippen molar-refractivity contribution in [3.8, 4) is 0 Å². The van der Waals surface area contributed by atoms with E-state index >= 15 is 0 Å². The first-order valence-corrected chi connectivity index (χ1v) is 13.1. The smallest absolute Gasteiger partial charge is 0.259 e. The molecule has 174 valence electrons. The zero-order valence-corrected chi connectivity index (χ0v) is 20.2. The molecule has 0 bridgehead atoms. The average molecular weight is 487 g/mol. The van der Waals surface area contributed by atoms with Crippen molar-refractivity contribution in [3.63, 3.8) is 0 Å². The van der Waals surface area contributed by atoms with Crippen LogP contribution in [0.2, 0.25) is 0 Å². The summed E-state index contributed by atoms with van der Waals surface area (Å²) >= 11 is 1.48. The van der Waals surface area contributed by atoms with Gasteiger partial charge in [0.25, 0.3) is 5.56 Å². The minimum absolute atomic E-state index is 0.0758. The molecule has 1 N–H and O–H groups in total. The van der Waals surface area contributed by atoms with Gasteiger partial charge in [-0.2, -0.15) is 4.31 Å². The number of aryl methyl sites for hydroxylation is 3. The second kappa shape index (κ2) is 9.58. The van der Waals surface area contributed by atoms with E-state index < -0.39 is 10.0 Å². The van der Waals surface area contributed by atoms with Crippen molar-refractivity contribution in [1.82, 2.24) is 19.2 Å². The first-order valence-electron chi connectivity index (χ1n) is 10.7. The zero-order valence-electron chi connectivity index (χ0n) is 18.6. The minimum Gasteiger partial charge on any atom is -0.340 e. The molecule has 1 aliphatic rings. The molecule has 0 unspecified atom stereocenters. The van der Waals surface area contributed by atoms with Gasteiger partial charge in [0.2, 0.25) is 15.9 Å². The molecular formula is C23H26N4O4S2. The molecule has 0 radical (unpaired) electrons. The van der Waals surface area contributed by atoms with Gasteiger partial charge in [-0.25, -0.2) is 13.4 Å². The minimum atomic E-state index is -3.55. The number of amides is 1. The lowest BCUT2D eigenvalue weighted by Crippen LogP contribution is -2.50. The Hall–Kier alpha value is -2.82. The fraction of sp³-hybridized carbons (Fsp3) is 0.348. The highest BCUT2D eigenvalue weighted by Gasteiger charge is 2.27. The number of hydrogen-bond acceptors (Lipinski definition) is 6. The van der Waals surface area contributed by atoms with Gasteiger partial charge < -0.3 is 9.88 Å². The van der Waals surface area contributed by atoms with E-state index in [0.29, 0.717) is 35.6 Å². The van der Waals surface area contributed by atoms with Crippen molar-refractivity contribution < 1.29 is 13.2 Å². The quantitative estimate of drug-likeness (QED) is 0.577. The maximum absolute atomic E-state index is 12.7. The number of aromatic amines is 1. The van der Waals surface area contributed by atoms with Crippen LogP contribution >= 0.6 is 11.3 Å². The molecule has 10 heteroatoms. The number of sulfonamides is 1. The Kier molecular flexibility index (Phi) is 6.78. The molecule has 3 heterocycles. The predicted molar refractivity (Wildman–Crippen MR) is 131 cm³/mol. The molecule has 1 aliphatic heterocycles. The summed E-state index contributed by atoms with van der Waals surface area (Å²) in [6.45, 7) is 5.05. The lowest BCUT2D eigenvalue weighted by molar-refractivity contribution is -0.132. The molecular weight excluding hydrogens is 460 g/mol. The van der Waals surface area contributed by atoms with Crippen LogP contribution in [0.1, 0.15) is 28.2 Å². The summed E-state index contributed by atoms with van der Waals surface area (Å²) in [6, 6.07) is 9.25. The Bertz CT molecular complexity index is 1350. The van der Waals surface area contributed by atoms with Gasteiger partial charge in [0.1, 0.15) is 10.7 Å². The molecule has 2 aromatic heterocycles. The number of carbonyl (C=O) groups is 1. The van der Waals surface area contributed by atoms with Crippen LogP contribution < -0.4 is 5.56 Å². The third-order valence-electron chi connectivity index (χ3n) is 5.85. The van der Waals surface area contributed by atoms with E-state index in [9.17, 15) is 18.0 Å². The summed E-state index contributed by atoms with van der Waals surface area (Å²) in [4.78, 5) is 35.8. The van der Waals surface area contributed by atoms with Crippen LogP contribution in [0.4, 0.5) is 0 Å². The molecule has 8 nitrogen and oxygen atoms in total. The van der Waals surface area contributed by atoms with Crippen LogP contribution in [0.5, 0.6) is 0 Å². The maximum Gasteiger partial charge on any atom is 0.259 e. The lowest BCUT2D eigenvalue weighted by Gasteiger charge is -2.33. The van der Waals surface area contributed by atoms with Crippen molar-refractivity contribution >= 4 is 43.6 Å². The Morgan fingerprint density at radius 3 is 2.55 bits per heavy atom. The van der Waals surface area contributed by atoms with Gasteiger partial charge in [0.05, 0.1) is 5.39 Å². The summed E-state index contributed by atoms with van der Waals surface area (Å²) in [5, 5.41) is 1.83. The number of benzene rings is 1. The number of hydrogen-bond donors (Lipinski definition) is 1. The highest BCUT2D eigenvalue weighted by Crippen LogP contribution is 2.25. The average Bonchev–Trinajstić information content (AvgIpc) is 3.10. The van der Waals surface area contributed by atoms with E-state index in [1.165, 1.54) is 21.1 Å². The van der Waals surface area contributed by atoms with Gasteiger partial charge in [-0.05, 0) is 31.1 Å². The van der Waals surface area contributed by atoms with E-state index in [2.05, 4.69) is 9.97 Å². The molecule has 1 amide bonds. The fourth-order valence-corrected chi connectivity index (χ4v) is 6.03. The largest absolute Gasteiger partial charge is 0.340 e. The Balaban J connectivity index is 1.33. The zero-order chi connectivity index (χ0) is 23.6. The van der Waals surface area contributed by atoms with Crippen LogP contribution in [0, 0.1) is 13.8 Å². The highest BCUT2D eigenvalue weighted by atomic mass is 32.2. The third-order valence-corrected chi connectivity index (χ3v) is 8.51. The van der Waals surface area contributed by atoms with Gasteiger partial charge >= 0.3 is 0 Å². The highest BCUT2D eigenvalue weighted by molar-refractivity contribution is 7.92. The molecule has 0 atom stereocenters. The number of aromatic nitrogens is 2. The number of rotatable bonds is 6. The standard InChI is InChI=1S/C23H26N4O4S2/c1-16-17(2)32-23-21(16)22(29)24-19(25-23)8-9-20(28)26-11-13-27(14-12-26)33(30,31)15-10-18-6-4-3-5-7-18/h3-7,10,15H,8-9,11-14H2,1-2H3,(H,24,25,29)/b15-10+. The lowest BCUT2D eigenvalue weighted by atomic mass is 10.2. The summed E-state index contributed by atoms with van der Waals surface area (Å²) in [5.41, 5.74) is 1.58. The SMILES string of the molecule is Cc1sc2nc(CCC(=O)N3CCN(S(=O)(=O)/C=C/c4ccccc4)CC3)[nH]c(=O)c2c1C. The molecule has 1 saturated heterocycles. The first kappa shape index (κ1) is 23.3. The number of piperazine rings is 1. The molecule has 1 fully saturated rings. The van der Waals surface area contributed by atoms with Crippen molar-refractivity contribution in [2.75, 3.05) is 26.2 Å². The van der Waals surface area contributed by atoms with Crippen LogP contribution in [0.25, 0.3) is 16.3 Å². The molecule has 3 aromatic rings. The van der Waals surface area contributed by atoms with E-state index in [1.54, 1.807) is 11.0 Å². The summed E-state index contributed by atoms with van der Waals surface area (Å²) < 4.78 is 26.6. The van der Waals surface area contributed by atoms with Crippen molar-refractivity contribution in [1.29, 1.82) is 0 Å². The van der Waals surface area contributed by atoms with Crippen molar-refractivity contribution in [2.24, 2.45) is 0 Å². The maximum atomic E-state index is 12.7.